The van der Waals surface area contributed by atoms with E-state index >= 15 is 0 Å². The third kappa shape index (κ3) is 2.31. The quantitative estimate of drug-likeness (QED) is 0.773. The van der Waals surface area contributed by atoms with Gasteiger partial charge in [-0.05, 0) is 12.8 Å². The molecule has 0 radical (unpaired) electrons. The number of morpholine rings is 1. The van der Waals surface area contributed by atoms with Crippen molar-refractivity contribution in [3.05, 3.63) is 18.6 Å². The summed E-state index contributed by atoms with van der Waals surface area (Å²) < 4.78 is 32.2. The summed E-state index contributed by atoms with van der Waals surface area (Å²) in [5.41, 5.74) is 0. The number of hydrogen-bond donors (Lipinski definition) is 0. The molecule has 3 aliphatic rings. The van der Waals surface area contributed by atoms with Crippen LogP contribution in [0.2, 0.25) is 0 Å². The highest BCUT2D eigenvalue weighted by Crippen LogP contribution is 2.35. The summed E-state index contributed by atoms with van der Waals surface area (Å²) in [4.78, 5) is 10.6. The van der Waals surface area contributed by atoms with Gasteiger partial charge in [0.05, 0.1) is 30.2 Å². The standard InChI is InChI=1S/C13H18N4O3S/c18-21(19,10-1-2-10)16-8-11-12(9-16)20-6-5-17(11)13-7-14-3-4-15-13/h3-4,7,10-12H,1-2,5-6,8-9H2/t11-,12+/m1/s1. The number of fused-ring (bicyclic) bond motifs is 1. The first-order valence-electron chi connectivity index (χ1n) is 7.29. The van der Waals surface area contributed by atoms with Gasteiger partial charge in [-0.15, -0.1) is 0 Å². The molecule has 0 amide bonds. The van der Waals surface area contributed by atoms with Gasteiger partial charge in [0.1, 0.15) is 5.82 Å². The van der Waals surface area contributed by atoms with Gasteiger partial charge < -0.3 is 9.64 Å². The monoisotopic (exact) mass is 310 g/mol. The van der Waals surface area contributed by atoms with Crippen LogP contribution in [-0.4, -0.2) is 66.3 Å². The Kier molecular flexibility index (Phi) is 3.13. The van der Waals surface area contributed by atoms with Crippen molar-refractivity contribution in [1.29, 1.82) is 0 Å². The SMILES string of the molecule is O=S(=O)(C1CC1)N1C[C@@H]2OCCN(c3cnccn3)[C@@H]2C1. The van der Waals surface area contributed by atoms with E-state index in [2.05, 4.69) is 14.9 Å². The van der Waals surface area contributed by atoms with Crippen molar-refractivity contribution in [3.8, 4) is 0 Å². The molecule has 2 aliphatic heterocycles. The number of ether oxygens (including phenoxy) is 1. The van der Waals surface area contributed by atoms with Crippen molar-refractivity contribution >= 4 is 15.8 Å². The maximum absolute atomic E-state index is 12.4. The Morgan fingerprint density at radius 2 is 2.10 bits per heavy atom. The molecule has 1 aromatic rings. The Morgan fingerprint density at radius 1 is 1.24 bits per heavy atom. The molecule has 2 atom stereocenters. The lowest BCUT2D eigenvalue weighted by Crippen LogP contribution is -2.51. The van der Waals surface area contributed by atoms with Crippen LogP contribution in [0.3, 0.4) is 0 Å². The molecule has 0 N–H and O–H groups in total. The molecule has 0 bridgehead atoms. The van der Waals surface area contributed by atoms with Crippen molar-refractivity contribution < 1.29 is 13.2 Å². The minimum absolute atomic E-state index is 0.0315. The molecule has 1 aromatic heterocycles. The summed E-state index contributed by atoms with van der Waals surface area (Å²) in [5.74, 6) is 0.793. The molecule has 0 spiro atoms. The predicted octanol–water partition coefficient (Wildman–Crippen LogP) is -0.142. The third-order valence-corrected chi connectivity index (χ3v) is 6.75. The Hall–Kier alpha value is -1.25. The Bertz CT molecular complexity index is 620. The number of sulfonamides is 1. The summed E-state index contributed by atoms with van der Waals surface area (Å²) in [6, 6.07) is 0.0315. The maximum atomic E-state index is 12.4. The first-order chi connectivity index (χ1) is 10.2. The zero-order valence-electron chi connectivity index (χ0n) is 11.6. The molecule has 0 unspecified atom stereocenters. The van der Waals surface area contributed by atoms with E-state index in [9.17, 15) is 8.42 Å². The van der Waals surface area contributed by atoms with Crippen molar-refractivity contribution in [2.24, 2.45) is 0 Å². The van der Waals surface area contributed by atoms with Gasteiger partial charge in [-0.3, -0.25) is 4.98 Å². The van der Waals surface area contributed by atoms with Gasteiger partial charge in [0.15, 0.2) is 0 Å². The average Bonchev–Trinajstić information content (AvgIpc) is 3.27. The summed E-state index contributed by atoms with van der Waals surface area (Å²) in [6.07, 6.45) is 6.54. The second-order valence-electron chi connectivity index (χ2n) is 5.79. The smallest absolute Gasteiger partial charge is 0.217 e. The van der Waals surface area contributed by atoms with Gasteiger partial charge in [-0.25, -0.2) is 13.4 Å². The minimum atomic E-state index is -3.14. The van der Waals surface area contributed by atoms with Gasteiger partial charge in [-0.2, -0.15) is 4.31 Å². The summed E-state index contributed by atoms with van der Waals surface area (Å²) in [7, 11) is -3.14. The van der Waals surface area contributed by atoms with E-state index < -0.39 is 10.0 Å². The van der Waals surface area contributed by atoms with Gasteiger partial charge in [0, 0.05) is 32.0 Å². The Morgan fingerprint density at radius 3 is 2.81 bits per heavy atom. The normalized spacial score (nSPS) is 30.4. The minimum Gasteiger partial charge on any atom is -0.373 e. The second kappa shape index (κ2) is 4.89. The average molecular weight is 310 g/mol. The van der Waals surface area contributed by atoms with Crippen LogP contribution >= 0.6 is 0 Å². The first-order valence-corrected chi connectivity index (χ1v) is 8.80. The van der Waals surface area contributed by atoms with Crippen LogP contribution in [0.4, 0.5) is 5.82 Å². The van der Waals surface area contributed by atoms with E-state index in [1.807, 2.05) is 0 Å². The molecule has 8 heteroatoms. The van der Waals surface area contributed by atoms with Gasteiger partial charge in [0.25, 0.3) is 0 Å². The van der Waals surface area contributed by atoms with Crippen molar-refractivity contribution in [1.82, 2.24) is 14.3 Å². The zero-order valence-corrected chi connectivity index (χ0v) is 12.4. The van der Waals surface area contributed by atoms with Crippen molar-refractivity contribution in [2.45, 2.75) is 30.2 Å². The molecule has 7 nitrogen and oxygen atoms in total. The highest BCUT2D eigenvalue weighted by atomic mass is 32.2. The van der Waals surface area contributed by atoms with E-state index in [0.717, 1.165) is 25.2 Å². The highest BCUT2D eigenvalue weighted by Gasteiger charge is 2.49. The lowest BCUT2D eigenvalue weighted by atomic mass is 10.1. The highest BCUT2D eigenvalue weighted by molar-refractivity contribution is 7.90. The molecule has 3 heterocycles. The molecular formula is C13H18N4O3S. The topological polar surface area (TPSA) is 75.6 Å². The van der Waals surface area contributed by atoms with Gasteiger partial charge in [-0.1, -0.05) is 0 Å². The van der Waals surface area contributed by atoms with Crippen molar-refractivity contribution in [2.75, 3.05) is 31.1 Å². The third-order valence-electron chi connectivity index (χ3n) is 4.42. The van der Waals surface area contributed by atoms with Crippen LogP contribution in [0.1, 0.15) is 12.8 Å². The number of hydrogen-bond acceptors (Lipinski definition) is 6. The molecule has 114 valence electrons. The van der Waals surface area contributed by atoms with Gasteiger partial charge in [0.2, 0.25) is 10.0 Å². The van der Waals surface area contributed by atoms with E-state index in [1.54, 1.807) is 22.9 Å². The fourth-order valence-corrected chi connectivity index (χ4v) is 5.03. The molecule has 3 fully saturated rings. The predicted molar refractivity (Wildman–Crippen MR) is 76.4 cm³/mol. The fraction of sp³-hybridized carbons (Fsp3) is 0.692. The summed E-state index contributed by atoms with van der Waals surface area (Å²) in [5, 5.41) is -0.164. The van der Waals surface area contributed by atoms with Crippen LogP contribution in [-0.2, 0) is 14.8 Å². The van der Waals surface area contributed by atoms with Crippen LogP contribution in [0.15, 0.2) is 18.6 Å². The van der Waals surface area contributed by atoms with E-state index in [0.29, 0.717) is 19.7 Å². The Labute approximate surface area is 124 Å². The lowest BCUT2D eigenvalue weighted by molar-refractivity contribution is 0.0328. The molecule has 1 aliphatic carbocycles. The van der Waals surface area contributed by atoms with Crippen LogP contribution in [0.5, 0.6) is 0 Å². The molecule has 0 aromatic carbocycles. The van der Waals surface area contributed by atoms with Crippen LogP contribution < -0.4 is 4.90 Å². The number of rotatable bonds is 3. The number of anilines is 1. The largest absolute Gasteiger partial charge is 0.373 e. The molecule has 4 rings (SSSR count). The number of nitrogens with zero attached hydrogens (tertiary/aromatic N) is 4. The molecule has 21 heavy (non-hydrogen) atoms. The summed E-state index contributed by atoms with van der Waals surface area (Å²) in [6.45, 7) is 2.26. The fourth-order valence-electron chi connectivity index (χ4n) is 3.16. The Balaban J connectivity index is 1.58. The molecular weight excluding hydrogens is 292 g/mol. The maximum Gasteiger partial charge on any atom is 0.217 e. The van der Waals surface area contributed by atoms with Crippen LogP contribution in [0.25, 0.3) is 0 Å². The van der Waals surface area contributed by atoms with Crippen molar-refractivity contribution in [3.63, 3.8) is 0 Å². The second-order valence-corrected chi connectivity index (χ2v) is 8.01. The molecule has 2 saturated heterocycles. The van der Waals surface area contributed by atoms with Crippen LogP contribution in [0, 0.1) is 0 Å². The summed E-state index contributed by atoms with van der Waals surface area (Å²) >= 11 is 0. The molecule has 1 saturated carbocycles. The lowest BCUT2D eigenvalue weighted by Gasteiger charge is -2.37. The van der Waals surface area contributed by atoms with E-state index in [4.69, 9.17) is 4.74 Å². The zero-order chi connectivity index (χ0) is 14.4. The number of aromatic nitrogens is 2. The van der Waals surface area contributed by atoms with Gasteiger partial charge >= 0.3 is 0 Å². The van der Waals surface area contributed by atoms with E-state index in [1.165, 1.54) is 0 Å². The van der Waals surface area contributed by atoms with E-state index in [-0.39, 0.29) is 17.4 Å². The first kappa shape index (κ1) is 13.4.